The van der Waals surface area contributed by atoms with Crippen LogP contribution in [0.25, 0.3) is 0 Å². The highest BCUT2D eigenvalue weighted by molar-refractivity contribution is 5.99. The van der Waals surface area contributed by atoms with Crippen LogP contribution in [0, 0.1) is 11.6 Å². The maximum absolute atomic E-state index is 13.9. The van der Waals surface area contributed by atoms with Crippen molar-refractivity contribution in [3.05, 3.63) is 63.1 Å². The van der Waals surface area contributed by atoms with Crippen molar-refractivity contribution in [1.82, 2.24) is 14.9 Å². The molecule has 2 aliphatic heterocycles. The number of halogens is 2. The number of likely N-dealkylation sites (N-methyl/N-ethyl adjacent to an activating group) is 1. The van der Waals surface area contributed by atoms with Crippen LogP contribution in [-0.2, 0) is 16.0 Å². The molecule has 1 unspecified atom stereocenters. The summed E-state index contributed by atoms with van der Waals surface area (Å²) in [5.74, 6) is -3.97. The Morgan fingerprint density at radius 2 is 2.09 bits per heavy atom. The molecule has 1 aromatic heterocycles. The van der Waals surface area contributed by atoms with Crippen LogP contribution in [0.5, 0.6) is 5.75 Å². The third kappa shape index (κ3) is 4.23. The van der Waals surface area contributed by atoms with Crippen molar-refractivity contribution < 1.29 is 33.0 Å². The lowest BCUT2D eigenvalue weighted by Crippen LogP contribution is -2.70. The van der Waals surface area contributed by atoms with Gasteiger partial charge in [0.1, 0.15) is 17.2 Å². The van der Waals surface area contributed by atoms with Crippen LogP contribution in [0.2, 0.25) is 0 Å². The smallest absolute Gasteiger partial charge is 0.278 e. The van der Waals surface area contributed by atoms with E-state index in [1.165, 1.54) is 21.8 Å². The van der Waals surface area contributed by atoms with Crippen molar-refractivity contribution >= 4 is 11.8 Å². The van der Waals surface area contributed by atoms with Crippen molar-refractivity contribution in [1.29, 1.82) is 0 Å². The molecule has 0 saturated carbocycles. The zero-order valence-corrected chi connectivity index (χ0v) is 19.3. The zero-order valence-electron chi connectivity index (χ0n) is 19.3. The predicted molar refractivity (Wildman–Crippen MR) is 120 cm³/mol. The van der Waals surface area contributed by atoms with Gasteiger partial charge in [-0.15, -0.1) is 0 Å². The highest BCUT2D eigenvalue weighted by Crippen LogP contribution is 2.35. The van der Waals surface area contributed by atoms with Crippen molar-refractivity contribution in [3.8, 4) is 5.75 Å². The van der Waals surface area contributed by atoms with Gasteiger partial charge in [-0.05, 0) is 13.0 Å². The van der Waals surface area contributed by atoms with Crippen LogP contribution in [0.1, 0.15) is 39.8 Å². The van der Waals surface area contributed by atoms with Crippen molar-refractivity contribution in [2.24, 2.45) is 0 Å². The molecule has 1 fully saturated rings. The largest absolute Gasteiger partial charge is 0.502 e. The minimum Gasteiger partial charge on any atom is -0.502 e. The molecule has 2 N–H and O–H groups in total. The lowest BCUT2D eigenvalue weighted by atomic mass is 10.0. The van der Waals surface area contributed by atoms with E-state index < -0.39 is 45.9 Å². The first-order valence-corrected chi connectivity index (χ1v) is 11.1. The second kappa shape index (κ2) is 9.62. The Labute approximate surface area is 199 Å². The number of carbonyl (C=O) groups excluding carboxylic acids is 2. The summed E-state index contributed by atoms with van der Waals surface area (Å²) < 4.78 is 39.3. The molecule has 3 heterocycles. The average Bonchev–Trinajstić information content (AvgIpc) is 3.31. The van der Waals surface area contributed by atoms with Crippen molar-refractivity contribution in [2.45, 2.75) is 25.6 Å². The molecule has 12 heteroatoms. The molecule has 188 valence electrons. The van der Waals surface area contributed by atoms with Gasteiger partial charge >= 0.3 is 0 Å². The van der Waals surface area contributed by atoms with E-state index in [1.54, 1.807) is 12.1 Å². The van der Waals surface area contributed by atoms with Gasteiger partial charge in [-0.25, -0.2) is 8.78 Å². The number of hydrogen-bond acceptors (Lipinski definition) is 7. The van der Waals surface area contributed by atoms with Gasteiger partial charge < -0.3 is 24.8 Å². The maximum atomic E-state index is 13.9. The molecule has 0 radical (unpaired) electrons. The highest BCUT2D eigenvalue weighted by Gasteiger charge is 2.52. The molecule has 0 aliphatic carbocycles. The molecular formula is C23H26F2N4O6. The standard InChI is InChI=1S/C23H26F2N4O6/c1-3-34-9-7-28-22(33)18-20(31)19(30)16(12-29(18)27(2)23(28)6-8-35-13-23)21(32)26-11-14-4-5-15(24)10-17(14)25/h4-5,10,12,31H,3,6-9,11,13H2,1-2H3,(H,26,32). The normalized spacial score (nSPS) is 19.4. The van der Waals surface area contributed by atoms with Gasteiger partial charge in [0, 0.05) is 51.0 Å². The second-order valence-electron chi connectivity index (χ2n) is 8.29. The van der Waals surface area contributed by atoms with E-state index >= 15 is 0 Å². The highest BCUT2D eigenvalue weighted by atomic mass is 19.1. The number of nitrogens with zero attached hydrogens (tertiary/aromatic N) is 3. The third-order valence-electron chi connectivity index (χ3n) is 6.38. The molecule has 1 aromatic carbocycles. The average molecular weight is 492 g/mol. The zero-order chi connectivity index (χ0) is 25.3. The monoisotopic (exact) mass is 492 g/mol. The van der Waals surface area contributed by atoms with Gasteiger partial charge in [0.15, 0.2) is 17.1 Å². The Hall–Kier alpha value is -3.51. The van der Waals surface area contributed by atoms with E-state index in [-0.39, 0.29) is 37.6 Å². The Balaban J connectivity index is 1.69. The van der Waals surface area contributed by atoms with Crippen LogP contribution in [0.15, 0.2) is 29.2 Å². The summed E-state index contributed by atoms with van der Waals surface area (Å²) in [6, 6.07) is 2.91. The maximum Gasteiger partial charge on any atom is 0.278 e. The molecular weight excluding hydrogens is 466 g/mol. The second-order valence-corrected chi connectivity index (χ2v) is 8.29. The number of ether oxygens (including phenoxy) is 2. The fourth-order valence-electron chi connectivity index (χ4n) is 4.44. The minimum absolute atomic E-state index is 0.0151. The van der Waals surface area contributed by atoms with Crippen LogP contribution < -0.4 is 15.8 Å². The van der Waals surface area contributed by atoms with E-state index in [2.05, 4.69) is 5.32 Å². The predicted octanol–water partition coefficient (Wildman–Crippen LogP) is 0.939. The summed E-state index contributed by atoms with van der Waals surface area (Å²) in [4.78, 5) is 40.6. The van der Waals surface area contributed by atoms with E-state index in [0.29, 0.717) is 25.7 Å². The van der Waals surface area contributed by atoms with E-state index in [0.717, 1.165) is 6.07 Å². The van der Waals surface area contributed by atoms with Gasteiger partial charge in [-0.3, -0.25) is 24.1 Å². The third-order valence-corrected chi connectivity index (χ3v) is 6.38. The van der Waals surface area contributed by atoms with Crippen LogP contribution >= 0.6 is 0 Å². The summed E-state index contributed by atoms with van der Waals surface area (Å²) in [6.07, 6.45) is 1.63. The summed E-state index contributed by atoms with van der Waals surface area (Å²) in [5.41, 5.74) is -2.66. The van der Waals surface area contributed by atoms with Gasteiger partial charge in [0.05, 0.1) is 19.8 Å². The SMILES string of the molecule is CCOCCN1C(=O)c2c(O)c(=O)c(C(=O)NCc3ccc(F)cc3F)cn2N(C)C12CCOC2. The van der Waals surface area contributed by atoms with Crippen molar-refractivity contribution in [2.75, 3.05) is 45.0 Å². The number of amides is 2. The number of aromatic hydroxyl groups is 1. The topological polar surface area (TPSA) is 113 Å². The molecule has 1 spiro atoms. The first-order chi connectivity index (χ1) is 16.7. The summed E-state index contributed by atoms with van der Waals surface area (Å²) in [7, 11) is 1.66. The number of hydrogen-bond donors (Lipinski definition) is 2. The van der Waals surface area contributed by atoms with Crippen LogP contribution in [0.4, 0.5) is 8.78 Å². The van der Waals surface area contributed by atoms with Gasteiger partial charge in [0.2, 0.25) is 5.43 Å². The molecule has 2 aliphatic rings. The fraction of sp³-hybridized carbons (Fsp3) is 0.435. The van der Waals surface area contributed by atoms with E-state index in [1.807, 2.05) is 6.92 Å². The van der Waals surface area contributed by atoms with Gasteiger partial charge in [-0.1, -0.05) is 6.07 Å². The first-order valence-electron chi connectivity index (χ1n) is 11.1. The van der Waals surface area contributed by atoms with E-state index in [4.69, 9.17) is 9.47 Å². The van der Waals surface area contributed by atoms with E-state index in [9.17, 15) is 28.3 Å². The van der Waals surface area contributed by atoms with Gasteiger partial charge in [0.25, 0.3) is 11.8 Å². The number of nitrogens with one attached hydrogen (secondary N) is 1. The lowest BCUT2D eigenvalue weighted by molar-refractivity contribution is 0.00920. The summed E-state index contributed by atoms with van der Waals surface area (Å²) >= 11 is 0. The number of benzene rings is 1. The molecule has 2 aromatic rings. The summed E-state index contributed by atoms with van der Waals surface area (Å²) in [5, 5.41) is 14.7. The molecule has 4 rings (SSSR count). The molecule has 35 heavy (non-hydrogen) atoms. The Morgan fingerprint density at radius 3 is 2.74 bits per heavy atom. The molecule has 1 saturated heterocycles. The molecule has 0 bridgehead atoms. The molecule has 10 nitrogen and oxygen atoms in total. The first kappa shape index (κ1) is 24.6. The molecule has 2 amide bonds. The quantitative estimate of drug-likeness (QED) is 0.553. The number of carbonyl (C=O) groups is 2. The van der Waals surface area contributed by atoms with Crippen LogP contribution in [0.3, 0.4) is 0 Å². The number of aromatic nitrogens is 1. The van der Waals surface area contributed by atoms with Gasteiger partial charge in [-0.2, -0.15) is 0 Å². The fourth-order valence-corrected chi connectivity index (χ4v) is 4.44. The molecule has 1 atom stereocenters. The number of fused-ring (bicyclic) bond motifs is 1. The minimum atomic E-state index is -1.04. The van der Waals surface area contributed by atoms with Crippen LogP contribution in [-0.4, -0.2) is 72.2 Å². The lowest BCUT2D eigenvalue weighted by Gasteiger charge is -2.51. The number of rotatable bonds is 7. The number of pyridine rings is 1. The Bertz CT molecular complexity index is 1210. The van der Waals surface area contributed by atoms with Crippen molar-refractivity contribution in [3.63, 3.8) is 0 Å². The Morgan fingerprint density at radius 1 is 1.31 bits per heavy atom. The Kier molecular flexibility index (Phi) is 6.77. The summed E-state index contributed by atoms with van der Waals surface area (Å²) in [6.45, 7) is 3.01.